The normalized spacial score (nSPS) is 20.3. The molecule has 5 nitrogen and oxygen atoms in total. The maximum atomic E-state index is 12.1. The summed E-state index contributed by atoms with van der Waals surface area (Å²) < 4.78 is 0. The zero-order valence-corrected chi connectivity index (χ0v) is 11.6. The Balaban J connectivity index is 2.42. The van der Waals surface area contributed by atoms with Crippen LogP contribution in [0.25, 0.3) is 0 Å². The lowest BCUT2D eigenvalue weighted by Gasteiger charge is -2.25. The molecule has 0 spiro atoms. The number of carbonyl (C=O) groups excluding carboxylic acids is 1. The third kappa shape index (κ3) is 4.29. The zero-order valence-electron chi connectivity index (χ0n) is 11.6. The minimum atomic E-state index is -0.750. The molecule has 0 aromatic rings. The lowest BCUT2D eigenvalue weighted by molar-refractivity contribution is -0.141. The Kier molecular flexibility index (Phi) is 5.59. The van der Waals surface area contributed by atoms with Crippen LogP contribution < -0.4 is 0 Å². The first kappa shape index (κ1) is 15.0. The van der Waals surface area contributed by atoms with Crippen molar-refractivity contribution in [3.05, 3.63) is 0 Å². The van der Waals surface area contributed by atoms with Crippen molar-refractivity contribution in [2.75, 3.05) is 32.7 Å². The molecule has 0 aliphatic carbocycles. The molecule has 0 aromatic heterocycles. The van der Waals surface area contributed by atoms with E-state index < -0.39 is 5.97 Å². The molecule has 0 aromatic carbocycles. The van der Waals surface area contributed by atoms with E-state index in [0.29, 0.717) is 38.5 Å². The van der Waals surface area contributed by atoms with E-state index in [0.717, 1.165) is 6.54 Å². The topological polar surface area (TPSA) is 60.9 Å². The van der Waals surface area contributed by atoms with Gasteiger partial charge < -0.3 is 10.0 Å². The van der Waals surface area contributed by atoms with Crippen LogP contribution in [0.3, 0.4) is 0 Å². The lowest BCUT2D eigenvalue weighted by Crippen LogP contribution is -2.41. The minimum Gasteiger partial charge on any atom is -0.481 e. The number of rotatable bonds is 6. The summed E-state index contributed by atoms with van der Waals surface area (Å²) in [5.74, 6) is -0.492. The van der Waals surface area contributed by atoms with Crippen LogP contribution >= 0.6 is 0 Å². The van der Waals surface area contributed by atoms with Gasteiger partial charge in [0.2, 0.25) is 5.91 Å². The molecule has 1 aliphatic rings. The molecule has 1 heterocycles. The molecule has 0 radical (unpaired) electrons. The maximum Gasteiger partial charge on any atom is 0.307 e. The molecule has 5 heteroatoms. The van der Waals surface area contributed by atoms with Crippen molar-refractivity contribution in [1.29, 1.82) is 0 Å². The average Bonchev–Trinajstić information content (AvgIpc) is 2.74. The number of nitrogens with zero attached hydrogens (tertiary/aromatic N) is 2. The fraction of sp³-hybridized carbons (Fsp3) is 0.846. The third-order valence-corrected chi connectivity index (χ3v) is 3.30. The van der Waals surface area contributed by atoms with Crippen molar-refractivity contribution in [3.63, 3.8) is 0 Å². The van der Waals surface area contributed by atoms with Gasteiger partial charge in [0, 0.05) is 19.6 Å². The summed E-state index contributed by atoms with van der Waals surface area (Å²) >= 11 is 0. The number of likely N-dealkylation sites (N-methyl/N-ethyl adjacent to an activating group) is 1. The fourth-order valence-electron chi connectivity index (χ4n) is 2.32. The van der Waals surface area contributed by atoms with Crippen LogP contribution in [0.2, 0.25) is 0 Å². The summed E-state index contributed by atoms with van der Waals surface area (Å²) in [4.78, 5) is 26.7. The number of carbonyl (C=O) groups is 2. The van der Waals surface area contributed by atoms with Gasteiger partial charge in [-0.3, -0.25) is 14.5 Å². The molecular formula is C13H24N2O3. The Labute approximate surface area is 109 Å². The second kappa shape index (κ2) is 6.73. The minimum absolute atomic E-state index is 0.109. The standard InChI is InChI=1S/C13H24N2O3/c1-4-15(7-10(2)3)12(16)9-14-6-5-11(8-14)13(17)18/h10-11H,4-9H2,1-3H3,(H,17,18). The molecule has 18 heavy (non-hydrogen) atoms. The highest BCUT2D eigenvalue weighted by atomic mass is 16.4. The number of carboxylic acid groups (broad SMARTS) is 1. The fourth-order valence-corrected chi connectivity index (χ4v) is 2.32. The van der Waals surface area contributed by atoms with Crippen LogP contribution in [-0.4, -0.2) is 59.5 Å². The van der Waals surface area contributed by atoms with E-state index in [-0.39, 0.29) is 11.8 Å². The van der Waals surface area contributed by atoms with Crippen molar-refractivity contribution in [1.82, 2.24) is 9.80 Å². The van der Waals surface area contributed by atoms with Crippen LogP contribution in [-0.2, 0) is 9.59 Å². The van der Waals surface area contributed by atoms with Gasteiger partial charge in [-0.2, -0.15) is 0 Å². The van der Waals surface area contributed by atoms with Gasteiger partial charge in [-0.05, 0) is 25.8 Å². The predicted molar refractivity (Wildman–Crippen MR) is 69.3 cm³/mol. The highest BCUT2D eigenvalue weighted by Crippen LogP contribution is 2.16. The first-order valence-corrected chi connectivity index (χ1v) is 6.67. The first-order valence-electron chi connectivity index (χ1n) is 6.67. The molecule has 1 rings (SSSR count). The molecule has 1 fully saturated rings. The highest BCUT2D eigenvalue weighted by molar-refractivity contribution is 5.78. The Morgan fingerprint density at radius 2 is 2.11 bits per heavy atom. The first-order chi connectivity index (χ1) is 8.43. The van der Waals surface area contributed by atoms with E-state index in [4.69, 9.17) is 5.11 Å². The summed E-state index contributed by atoms with van der Waals surface area (Å²) in [7, 11) is 0. The van der Waals surface area contributed by atoms with Crippen molar-refractivity contribution in [3.8, 4) is 0 Å². The van der Waals surface area contributed by atoms with E-state index in [1.807, 2.05) is 16.7 Å². The number of hydrogen-bond donors (Lipinski definition) is 1. The van der Waals surface area contributed by atoms with Crippen LogP contribution in [0.15, 0.2) is 0 Å². The monoisotopic (exact) mass is 256 g/mol. The number of amides is 1. The second-order valence-corrected chi connectivity index (χ2v) is 5.39. The summed E-state index contributed by atoms with van der Waals surface area (Å²) in [6.45, 7) is 9.20. The summed E-state index contributed by atoms with van der Waals surface area (Å²) in [6.07, 6.45) is 0.652. The number of likely N-dealkylation sites (tertiary alicyclic amines) is 1. The van der Waals surface area contributed by atoms with E-state index >= 15 is 0 Å². The Morgan fingerprint density at radius 1 is 1.44 bits per heavy atom. The summed E-state index contributed by atoms with van der Waals surface area (Å²) in [5.41, 5.74) is 0. The molecule has 1 unspecified atom stereocenters. The largest absolute Gasteiger partial charge is 0.481 e. The van der Waals surface area contributed by atoms with Crippen molar-refractivity contribution in [2.45, 2.75) is 27.2 Å². The van der Waals surface area contributed by atoms with Gasteiger partial charge in [-0.25, -0.2) is 0 Å². The summed E-state index contributed by atoms with van der Waals surface area (Å²) in [5, 5.41) is 8.92. The van der Waals surface area contributed by atoms with E-state index in [1.54, 1.807) is 0 Å². The third-order valence-electron chi connectivity index (χ3n) is 3.30. The summed E-state index contributed by atoms with van der Waals surface area (Å²) in [6, 6.07) is 0. The predicted octanol–water partition coefficient (Wildman–Crippen LogP) is 0.897. The molecule has 1 atom stereocenters. The van der Waals surface area contributed by atoms with Crippen LogP contribution in [0.1, 0.15) is 27.2 Å². The van der Waals surface area contributed by atoms with Crippen LogP contribution in [0.5, 0.6) is 0 Å². The van der Waals surface area contributed by atoms with E-state index in [1.165, 1.54) is 0 Å². The number of aliphatic carboxylic acids is 1. The molecule has 1 N–H and O–H groups in total. The van der Waals surface area contributed by atoms with Gasteiger partial charge in [-0.15, -0.1) is 0 Å². The maximum absolute atomic E-state index is 12.1. The van der Waals surface area contributed by atoms with Crippen molar-refractivity contribution < 1.29 is 14.7 Å². The van der Waals surface area contributed by atoms with E-state index in [2.05, 4.69) is 13.8 Å². The SMILES string of the molecule is CCN(CC(C)C)C(=O)CN1CCC(C(=O)O)C1. The zero-order chi connectivity index (χ0) is 13.7. The van der Waals surface area contributed by atoms with Crippen LogP contribution in [0, 0.1) is 11.8 Å². The van der Waals surface area contributed by atoms with Gasteiger partial charge in [0.25, 0.3) is 0 Å². The Hall–Kier alpha value is -1.10. The Morgan fingerprint density at radius 3 is 2.56 bits per heavy atom. The highest BCUT2D eigenvalue weighted by Gasteiger charge is 2.29. The molecule has 104 valence electrons. The van der Waals surface area contributed by atoms with Gasteiger partial charge in [-0.1, -0.05) is 13.8 Å². The lowest BCUT2D eigenvalue weighted by atomic mass is 10.1. The average molecular weight is 256 g/mol. The van der Waals surface area contributed by atoms with E-state index in [9.17, 15) is 9.59 Å². The number of hydrogen-bond acceptors (Lipinski definition) is 3. The van der Waals surface area contributed by atoms with Crippen molar-refractivity contribution in [2.24, 2.45) is 11.8 Å². The second-order valence-electron chi connectivity index (χ2n) is 5.39. The van der Waals surface area contributed by atoms with Gasteiger partial charge in [0.05, 0.1) is 12.5 Å². The molecule has 1 amide bonds. The number of carboxylic acids is 1. The van der Waals surface area contributed by atoms with Crippen LogP contribution in [0.4, 0.5) is 0 Å². The van der Waals surface area contributed by atoms with Crippen molar-refractivity contribution >= 4 is 11.9 Å². The van der Waals surface area contributed by atoms with Gasteiger partial charge in [0.15, 0.2) is 0 Å². The molecule has 0 bridgehead atoms. The molecule has 0 saturated carbocycles. The Bertz CT molecular complexity index is 305. The molecular weight excluding hydrogens is 232 g/mol. The quantitative estimate of drug-likeness (QED) is 0.767. The van der Waals surface area contributed by atoms with Gasteiger partial charge >= 0.3 is 5.97 Å². The van der Waals surface area contributed by atoms with Gasteiger partial charge in [0.1, 0.15) is 0 Å². The smallest absolute Gasteiger partial charge is 0.307 e. The molecule has 1 saturated heterocycles. The molecule has 1 aliphatic heterocycles.